The molecule has 1 unspecified atom stereocenters. The van der Waals surface area contributed by atoms with Gasteiger partial charge < -0.3 is 9.84 Å². The van der Waals surface area contributed by atoms with Gasteiger partial charge in [-0.1, -0.05) is 55.7 Å². The summed E-state index contributed by atoms with van der Waals surface area (Å²) in [6.45, 7) is 6.15. The summed E-state index contributed by atoms with van der Waals surface area (Å²) in [6, 6.07) is 12.5. The Hall–Kier alpha value is -3.12. The predicted molar refractivity (Wildman–Crippen MR) is 116 cm³/mol. The number of carbonyl (C=O) groups is 1. The van der Waals surface area contributed by atoms with Crippen LogP contribution < -0.4 is 4.74 Å². The average Bonchev–Trinajstić information content (AvgIpc) is 2.70. The van der Waals surface area contributed by atoms with Crippen LogP contribution >= 0.6 is 0 Å². The lowest BCUT2D eigenvalue weighted by Crippen LogP contribution is -2.24. The van der Waals surface area contributed by atoms with Crippen LogP contribution in [0.2, 0.25) is 19.6 Å². The number of carbonyl (C=O) groups excluding carboxylic acids is 1. The molecular formula is C24H23FO3Si. The van der Waals surface area contributed by atoms with E-state index in [1.807, 2.05) is 19.6 Å². The molecule has 3 nitrogen and oxygen atoms in total. The van der Waals surface area contributed by atoms with Gasteiger partial charge in [-0.2, -0.15) is 0 Å². The van der Waals surface area contributed by atoms with Crippen LogP contribution in [0.25, 0.3) is 5.57 Å². The Morgan fingerprint density at radius 1 is 1.07 bits per heavy atom. The molecule has 1 N–H and O–H groups in total. The number of halogens is 1. The van der Waals surface area contributed by atoms with Crippen LogP contribution in [-0.4, -0.2) is 26.6 Å². The minimum absolute atomic E-state index is 0.373. The normalized spacial score (nSPS) is 13.2. The van der Waals surface area contributed by atoms with Crippen molar-refractivity contribution in [2.75, 3.05) is 7.11 Å². The third kappa shape index (κ3) is 6.46. The number of hydrogen-bond donors (Lipinski definition) is 1. The zero-order valence-corrected chi connectivity index (χ0v) is 17.9. The fourth-order valence-electron chi connectivity index (χ4n) is 2.35. The summed E-state index contributed by atoms with van der Waals surface area (Å²) < 4.78 is 18.5. The maximum atomic E-state index is 13.3. The van der Waals surface area contributed by atoms with Gasteiger partial charge in [-0.05, 0) is 41.8 Å². The molecule has 29 heavy (non-hydrogen) atoms. The Morgan fingerprint density at radius 3 is 2.21 bits per heavy atom. The molecule has 0 heterocycles. The fraction of sp³-hybridized carbons (Fsp3) is 0.208. The molecule has 1 atom stereocenters. The molecule has 0 spiro atoms. The molecule has 0 saturated heterocycles. The van der Waals surface area contributed by atoms with Gasteiger partial charge in [-0.3, -0.25) is 4.79 Å². The monoisotopic (exact) mass is 406 g/mol. The molecule has 148 valence electrons. The number of allylic oxidation sites excluding steroid dienone is 2. The standard InChI is InChI=1S/C24H23FO3Si/c1-28-23-11-5-19(6-12-23)20(14-17-26)13-15-24(27,16-18-29(2,3)4)21-7-9-22(25)10-8-21/h5-12,14,17,27H,1-4H3/b20-14+. The number of ether oxygens (including phenoxy) is 1. The number of aldehydes is 1. The zero-order chi connectivity index (χ0) is 21.5. The van der Waals surface area contributed by atoms with E-state index in [1.165, 1.54) is 30.3 Å². The topological polar surface area (TPSA) is 46.5 Å². The summed E-state index contributed by atoms with van der Waals surface area (Å²) >= 11 is 0. The Bertz CT molecular complexity index is 1010. The second-order valence-electron chi connectivity index (χ2n) is 7.41. The van der Waals surface area contributed by atoms with Gasteiger partial charge in [0.2, 0.25) is 5.60 Å². The van der Waals surface area contributed by atoms with E-state index in [0.29, 0.717) is 28.7 Å². The van der Waals surface area contributed by atoms with E-state index in [2.05, 4.69) is 23.3 Å². The van der Waals surface area contributed by atoms with Crippen molar-refractivity contribution in [3.05, 3.63) is 71.6 Å². The summed E-state index contributed by atoms with van der Waals surface area (Å²) in [5, 5.41) is 11.2. The van der Waals surface area contributed by atoms with Gasteiger partial charge in [0, 0.05) is 11.1 Å². The molecule has 0 aliphatic rings. The largest absolute Gasteiger partial charge is 0.497 e. The third-order valence-electron chi connectivity index (χ3n) is 3.89. The van der Waals surface area contributed by atoms with Gasteiger partial charge in [0.15, 0.2) is 0 Å². The van der Waals surface area contributed by atoms with Gasteiger partial charge in [0.1, 0.15) is 25.9 Å². The van der Waals surface area contributed by atoms with E-state index in [1.54, 1.807) is 31.4 Å². The molecule has 0 amide bonds. The van der Waals surface area contributed by atoms with Crippen molar-refractivity contribution < 1.29 is 19.0 Å². The smallest absolute Gasteiger partial charge is 0.213 e. The molecule has 0 bridgehead atoms. The molecule has 0 aliphatic heterocycles. The summed E-state index contributed by atoms with van der Waals surface area (Å²) in [7, 11) is -0.238. The van der Waals surface area contributed by atoms with Crippen LogP contribution in [-0.2, 0) is 10.4 Å². The van der Waals surface area contributed by atoms with Crippen molar-refractivity contribution in [1.29, 1.82) is 0 Å². The van der Waals surface area contributed by atoms with Gasteiger partial charge in [0.25, 0.3) is 0 Å². The Kier molecular flexibility index (Phi) is 7.17. The second-order valence-corrected chi connectivity index (χ2v) is 12.2. The SMILES string of the molecule is COc1ccc(/C(C#CC(O)(C#C[Si](C)(C)C)c2ccc(F)cc2)=C/C=O)cc1. The van der Waals surface area contributed by atoms with Crippen molar-refractivity contribution in [2.45, 2.75) is 25.2 Å². The van der Waals surface area contributed by atoms with Gasteiger partial charge in [-0.25, -0.2) is 4.39 Å². The molecular weight excluding hydrogens is 383 g/mol. The fourth-order valence-corrected chi connectivity index (χ4v) is 2.91. The van der Waals surface area contributed by atoms with Crippen molar-refractivity contribution in [3.8, 4) is 29.1 Å². The lowest BCUT2D eigenvalue weighted by molar-refractivity contribution is -0.104. The minimum atomic E-state index is -1.80. The Labute approximate surface area is 172 Å². The molecule has 2 rings (SSSR count). The number of benzene rings is 2. The highest BCUT2D eigenvalue weighted by Crippen LogP contribution is 2.23. The van der Waals surface area contributed by atoms with Gasteiger partial charge >= 0.3 is 0 Å². The molecule has 0 aromatic heterocycles. The van der Waals surface area contributed by atoms with E-state index < -0.39 is 19.5 Å². The highest BCUT2D eigenvalue weighted by atomic mass is 28.3. The molecule has 2 aromatic rings. The first kappa shape index (κ1) is 22.2. The average molecular weight is 407 g/mol. The van der Waals surface area contributed by atoms with E-state index in [9.17, 15) is 14.3 Å². The van der Waals surface area contributed by atoms with Gasteiger partial charge in [-0.15, -0.1) is 5.54 Å². The third-order valence-corrected chi connectivity index (χ3v) is 4.77. The Balaban J connectivity index is 2.55. The first-order valence-electron chi connectivity index (χ1n) is 9.03. The van der Waals surface area contributed by atoms with Crippen molar-refractivity contribution in [1.82, 2.24) is 0 Å². The quantitative estimate of drug-likeness (QED) is 0.358. The van der Waals surface area contributed by atoms with E-state index in [4.69, 9.17) is 4.74 Å². The molecule has 5 heteroatoms. The molecule has 0 fully saturated rings. The molecule has 0 radical (unpaired) electrons. The predicted octanol–water partition coefficient (Wildman–Crippen LogP) is 4.19. The summed E-state index contributed by atoms with van der Waals surface area (Å²) in [5.41, 5.74) is 2.83. The van der Waals surface area contributed by atoms with Crippen LogP contribution in [0.5, 0.6) is 5.75 Å². The highest BCUT2D eigenvalue weighted by Gasteiger charge is 2.25. The maximum absolute atomic E-state index is 13.3. The van der Waals surface area contributed by atoms with E-state index in [-0.39, 0.29) is 0 Å². The van der Waals surface area contributed by atoms with Crippen LogP contribution in [0.3, 0.4) is 0 Å². The molecule has 0 saturated carbocycles. The maximum Gasteiger partial charge on any atom is 0.213 e. The van der Waals surface area contributed by atoms with Crippen LogP contribution in [0.1, 0.15) is 11.1 Å². The molecule has 2 aromatic carbocycles. The van der Waals surface area contributed by atoms with Gasteiger partial charge in [0.05, 0.1) is 7.11 Å². The lowest BCUT2D eigenvalue weighted by atomic mass is 9.94. The highest BCUT2D eigenvalue weighted by molar-refractivity contribution is 6.83. The van der Waals surface area contributed by atoms with E-state index >= 15 is 0 Å². The minimum Gasteiger partial charge on any atom is -0.497 e. The van der Waals surface area contributed by atoms with E-state index in [0.717, 1.165) is 0 Å². The number of aliphatic hydroxyl groups is 1. The van der Waals surface area contributed by atoms with Crippen LogP contribution in [0, 0.1) is 29.1 Å². The lowest BCUT2D eigenvalue weighted by Gasteiger charge is -2.17. The number of methoxy groups -OCH3 is 1. The summed E-state index contributed by atoms with van der Waals surface area (Å²) in [4.78, 5) is 11.1. The van der Waals surface area contributed by atoms with Crippen LogP contribution in [0.4, 0.5) is 4.39 Å². The van der Waals surface area contributed by atoms with Crippen molar-refractivity contribution in [3.63, 3.8) is 0 Å². The number of rotatable bonds is 4. The van der Waals surface area contributed by atoms with Crippen LogP contribution in [0.15, 0.2) is 54.6 Å². The first-order valence-corrected chi connectivity index (χ1v) is 12.5. The first-order chi connectivity index (χ1) is 13.7. The van der Waals surface area contributed by atoms with Crippen molar-refractivity contribution >= 4 is 19.9 Å². The Morgan fingerprint density at radius 2 is 1.69 bits per heavy atom. The molecule has 0 aliphatic carbocycles. The summed E-state index contributed by atoms with van der Waals surface area (Å²) in [5.74, 6) is 8.80. The van der Waals surface area contributed by atoms with Crippen molar-refractivity contribution in [2.24, 2.45) is 0 Å². The zero-order valence-electron chi connectivity index (χ0n) is 16.9. The number of hydrogen-bond acceptors (Lipinski definition) is 3. The summed E-state index contributed by atoms with van der Waals surface area (Å²) in [6.07, 6.45) is 1.96. The second kappa shape index (κ2) is 9.38.